The van der Waals surface area contributed by atoms with E-state index in [4.69, 9.17) is 16.3 Å². The van der Waals surface area contributed by atoms with E-state index in [1.165, 1.54) is 0 Å². The number of benzene rings is 1. The van der Waals surface area contributed by atoms with Gasteiger partial charge in [0.25, 0.3) is 0 Å². The molecule has 0 radical (unpaired) electrons. The van der Waals surface area contributed by atoms with Gasteiger partial charge in [0.15, 0.2) is 0 Å². The zero-order valence-electron chi connectivity index (χ0n) is 15.3. The first-order valence-corrected chi connectivity index (χ1v) is 9.38. The fourth-order valence-corrected chi connectivity index (χ4v) is 3.42. The molecule has 0 saturated heterocycles. The van der Waals surface area contributed by atoms with Gasteiger partial charge in [-0.25, -0.2) is 4.98 Å². The van der Waals surface area contributed by atoms with Gasteiger partial charge in [-0.1, -0.05) is 31.9 Å². The van der Waals surface area contributed by atoms with Gasteiger partial charge < -0.3 is 20.3 Å². The van der Waals surface area contributed by atoms with Gasteiger partial charge in [0, 0.05) is 34.0 Å². The zero-order valence-corrected chi connectivity index (χ0v) is 16.1. The van der Waals surface area contributed by atoms with Gasteiger partial charge in [0.1, 0.15) is 5.82 Å². The van der Waals surface area contributed by atoms with Crippen molar-refractivity contribution in [1.82, 2.24) is 9.97 Å². The van der Waals surface area contributed by atoms with Gasteiger partial charge in [-0.2, -0.15) is 4.98 Å². The molecule has 1 aliphatic heterocycles. The predicted molar refractivity (Wildman–Crippen MR) is 107 cm³/mol. The third-order valence-electron chi connectivity index (χ3n) is 4.56. The molecule has 3 rings (SSSR count). The van der Waals surface area contributed by atoms with E-state index in [9.17, 15) is 5.02 Å². The lowest BCUT2D eigenvalue weighted by molar-refractivity contribution is 0.275. The summed E-state index contributed by atoms with van der Waals surface area (Å²) in [6.07, 6.45) is 5.08. The monoisotopic (exact) mass is 374 g/mol. The number of halogens is 1. The summed E-state index contributed by atoms with van der Waals surface area (Å²) in [5, 5.41) is 17.0. The summed E-state index contributed by atoms with van der Waals surface area (Å²) < 4.78 is 5.23. The molecule has 2 aromatic rings. The van der Waals surface area contributed by atoms with E-state index in [2.05, 4.69) is 34.4 Å². The number of aromatic nitrogens is 2. The van der Waals surface area contributed by atoms with E-state index in [0.29, 0.717) is 29.1 Å². The Morgan fingerprint density at radius 1 is 1.38 bits per heavy atom. The molecular formula is C18H24BClN4O2. The van der Waals surface area contributed by atoms with Gasteiger partial charge in [-0.3, -0.25) is 0 Å². The molecule has 0 bridgehead atoms. The Morgan fingerprint density at radius 2 is 2.19 bits per heavy atom. The van der Waals surface area contributed by atoms with Crippen molar-refractivity contribution in [3.05, 3.63) is 34.5 Å². The fourth-order valence-electron chi connectivity index (χ4n) is 3.09. The van der Waals surface area contributed by atoms with Crippen LogP contribution >= 0.6 is 11.6 Å². The first-order valence-electron chi connectivity index (χ1n) is 9.01. The Balaban J connectivity index is 1.80. The lowest BCUT2D eigenvalue weighted by Crippen LogP contribution is -2.29. The predicted octanol–water partition coefficient (Wildman–Crippen LogP) is 3.39. The van der Waals surface area contributed by atoms with Crippen LogP contribution in [0.3, 0.4) is 0 Å². The summed E-state index contributed by atoms with van der Waals surface area (Å²) in [6, 6.07) is 4.05. The minimum Gasteiger partial charge on any atom is -0.423 e. The second kappa shape index (κ2) is 8.25. The number of rotatable bonds is 7. The van der Waals surface area contributed by atoms with Crippen LogP contribution in [-0.2, 0) is 11.3 Å². The molecule has 1 unspecified atom stereocenters. The highest BCUT2D eigenvalue weighted by molar-refractivity contribution is 6.65. The number of nitrogens with one attached hydrogen (secondary N) is 2. The van der Waals surface area contributed by atoms with Crippen molar-refractivity contribution in [3.63, 3.8) is 0 Å². The molecule has 0 spiro atoms. The van der Waals surface area contributed by atoms with Crippen molar-refractivity contribution >= 4 is 41.6 Å². The van der Waals surface area contributed by atoms with Crippen LogP contribution < -0.4 is 16.1 Å². The van der Waals surface area contributed by atoms with Crippen LogP contribution in [0, 0.1) is 6.92 Å². The summed E-state index contributed by atoms with van der Waals surface area (Å²) >= 11 is 6.28. The van der Waals surface area contributed by atoms with Crippen LogP contribution in [0.25, 0.3) is 0 Å². The van der Waals surface area contributed by atoms with Gasteiger partial charge in [0.05, 0.1) is 6.61 Å². The summed E-state index contributed by atoms with van der Waals surface area (Å²) in [5.41, 5.74) is 3.28. The van der Waals surface area contributed by atoms with Crippen molar-refractivity contribution in [1.29, 1.82) is 0 Å². The van der Waals surface area contributed by atoms with Crippen LogP contribution in [-0.4, -0.2) is 28.2 Å². The Hall–Kier alpha value is -1.83. The average Bonchev–Trinajstić information content (AvgIpc) is 2.98. The summed E-state index contributed by atoms with van der Waals surface area (Å²) in [7, 11) is -0.956. The standard InChI is InChI=1S/C18H24BClN4O2/c1-4-6-13(5-2)22-17-11(3)9-21-18(24-17)23-14-7-12-10-26-19(25)16(12)15(20)8-14/h7-9,13,25H,4-6,10H2,1-3H3,(H2,21,22,23,24). The molecule has 3 N–H and O–H groups in total. The largest absolute Gasteiger partial charge is 0.493 e. The van der Waals surface area contributed by atoms with E-state index in [0.717, 1.165) is 41.9 Å². The van der Waals surface area contributed by atoms with Crippen molar-refractivity contribution in [2.75, 3.05) is 10.6 Å². The molecule has 1 aromatic carbocycles. The number of hydrogen-bond donors (Lipinski definition) is 3. The maximum absolute atomic E-state index is 9.80. The molecule has 0 aliphatic carbocycles. The average molecular weight is 375 g/mol. The second-order valence-electron chi connectivity index (χ2n) is 6.58. The molecule has 138 valence electrons. The molecule has 2 heterocycles. The summed E-state index contributed by atoms with van der Waals surface area (Å²) in [6.45, 7) is 6.69. The van der Waals surface area contributed by atoms with Gasteiger partial charge in [0.2, 0.25) is 5.95 Å². The summed E-state index contributed by atoms with van der Waals surface area (Å²) in [4.78, 5) is 8.98. The van der Waals surface area contributed by atoms with Crippen molar-refractivity contribution < 1.29 is 9.68 Å². The summed E-state index contributed by atoms with van der Waals surface area (Å²) in [5.74, 6) is 1.34. The minimum atomic E-state index is -0.956. The Bertz CT molecular complexity index is 790. The van der Waals surface area contributed by atoms with Crippen molar-refractivity contribution in [2.45, 2.75) is 52.7 Å². The minimum absolute atomic E-state index is 0.336. The zero-order chi connectivity index (χ0) is 18.7. The number of hydrogen-bond acceptors (Lipinski definition) is 6. The number of anilines is 3. The highest BCUT2D eigenvalue weighted by Crippen LogP contribution is 2.25. The fraction of sp³-hybridized carbons (Fsp3) is 0.444. The van der Waals surface area contributed by atoms with Gasteiger partial charge in [-0.15, -0.1) is 0 Å². The van der Waals surface area contributed by atoms with E-state index < -0.39 is 7.12 Å². The maximum Gasteiger partial charge on any atom is 0.493 e. The van der Waals surface area contributed by atoms with E-state index in [1.807, 2.05) is 13.0 Å². The Morgan fingerprint density at radius 3 is 2.92 bits per heavy atom. The Kier molecular flexibility index (Phi) is 6.01. The topological polar surface area (TPSA) is 79.3 Å². The van der Waals surface area contributed by atoms with Crippen molar-refractivity contribution in [2.24, 2.45) is 0 Å². The quantitative estimate of drug-likeness (QED) is 0.645. The molecular weight excluding hydrogens is 350 g/mol. The van der Waals surface area contributed by atoms with Gasteiger partial charge in [-0.05, 0) is 37.5 Å². The highest BCUT2D eigenvalue weighted by Gasteiger charge is 2.30. The SMILES string of the molecule is CCCC(CC)Nc1nc(Nc2cc(Cl)c3c(c2)COB3O)ncc1C. The molecule has 0 amide bonds. The first kappa shape index (κ1) is 19.0. The third-order valence-corrected chi connectivity index (χ3v) is 4.87. The van der Waals surface area contributed by atoms with Crippen LogP contribution in [0.2, 0.25) is 5.02 Å². The highest BCUT2D eigenvalue weighted by atomic mass is 35.5. The lowest BCUT2D eigenvalue weighted by Gasteiger charge is -2.18. The molecule has 0 fully saturated rings. The molecule has 8 heteroatoms. The third kappa shape index (κ3) is 4.11. The Labute approximate surface area is 159 Å². The molecule has 0 saturated carbocycles. The lowest BCUT2D eigenvalue weighted by atomic mass is 9.79. The van der Waals surface area contributed by atoms with E-state index in [1.54, 1.807) is 12.3 Å². The molecule has 1 aliphatic rings. The van der Waals surface area contributed by atoms with Crippen LogP contribution in [0.15, 0.2) is 18.3 Å². The van der Waals surface area contributed by atoms with Crippen LogP contribution in [0.5, 0.6) is 0 Å². The molecule has 26 heavy (non-hydrogen) atoms. The number of aryl methyl sites for hydroxylation is 1. The molecule has 1 aromatic heterocycles. The van der Waals surface area contributed by atoms with Crippen LogP contribution in [0.4, 0.5) is 17.5 Å². The number of fused-ring (bicyclic) bond motifs is 1. The molecule has 6 nitrogen and oxygen atoms in total. The van der Waals surface area contributed by atoms with Crippen LogP contribution in [0.1, 0.15) is 44.2 Å². The number of nitrogens with zero attached hydrogens (tertiary/aromatic N) is 2. The normalized spacial score (nSPS) is 14.3. The van der Waals surface area contributed by atoms with Gasteiger partial charge >= 0.3 is 7.12 Å². The van der Waals surface area contributed by atoms with E-state index >= 15 is 0 Å². The second-order valence-corrected chi connectivity index (χ2v) is 6.99. The molecule has 1 atom stereocenters. The maximum atomic E-state index is 9.80. The van der Waals surface area contributed by atoms with Crippen molar-refractivity contribution in [3.8, 4) is 0 Å². The smallest absolute Gasteiger partial charge is 0.423 e. The van der Waals surface area contributed by atoms with E-state index in [-0.39, 0.29) is 0 Å². The first-order chi connectivity index (χ1) is 12.5.